The normalized spacial score (nSPS) is 12.1. The molecular formula is C17H24F3N7O. The van der Waals surface area contributed by atoms with Crippen molar-refractivity contribution < 1.29 is 17.9 Å². The van der Waals surface area contributed by atoms with Crippen molar-refractivity contribution in [2.24, 2.45) is 4.99 Å². The second-order valence-electron chi connectivity index (χ2n) is 5.79. The molecule has 0 aromatic carbocycles. The van der Waals surface area contributed by atoms with Gasteiger partial charge >= 0.3 is 6.18 Å². The fraction of sp³-hybridized carbons (Fsp3) is 0.529. The van der Waals surface area contributed by atoms with E-state index in [0.717, 1.165) is 12.2 Å². The number of aromatic nitrogens is 4. The van der Waals surface area contributed by atoms with E-state index in [9.17, 15) is 13.2 Å². The minimum Gasteiger partial charge on any atom is -0.468 e. The molecule has 28 heavy (non-hydrogen) atoms. The minimum atomic E-state index is -4.42. The van der Waals surface area contributed by atoms with Gasteiger partial charge in [0.2, 0.25) is 5.88 Å². The van der Waals surface area contributed by atoms with Crippen LogP contribution < -0.4 is 15.4 Å². The summed E-state index contributed by atoms with van der Waals surface area (Å²) in [5.74, 6) is 1.36. The maximum absolute atomic E-state index is 12.4. The van der Waals surface area contributed by atoms with Crippen LogP contribution in [0.5, 0.6) is 5.88 Å². The van der Waals surface area contributed by atoms with Crippen LogP contribution in [-0.2, 0) is 19.5 Å². The Balaban J connectivity index is 1.96. The lowest BCUT2D eigenvalue weighted by molar-refractivity contribution is -0.154. The second kappa shape index (κ2) is 10.5. The summed E-state index contributed by atoms with van der Waals surface area (Å²) in [5, 5.41) is 14.2. The summed E-state index contributed by atoms with van der Waals surface area (Å²) >= 11 is 0. The van der Waals surface area contributed by atoms with Crippen LogP contribution in [0.25, 0.3) is 0 Å². The van der Waals surface area contributed by atoms with E-state index in [2.05, 4.69) is 30.8 Å². The van der Waals surface area contributed by atoms with Gasteiger partial charge in [-0.2, -0.15) is 13.2 Å². The molecule has 0 saturated heterocycles. The highest BCUT2D eigenvalue weighted by Crippen LogP contribution is 2.20. The molecule has 0 fully saturated rings. The lowest BCUT2D eigenvalue weighted by Crippen LogP contribution is -2.39. The fourth-order valence-corrected chi connectivity index (χ4v) is 2.36. The molecule has 0 bridgehead atoms. The van der Waals surface area contributed by atoms with Crippen molar-refractivity contribution in [3.8, 4) is 5.88 Å². The zero-order valence-electron chi connectivity index (χ0n) is 15.8. The molecule has 0 aliphatic carbocycles. The van der Waals surface area contributed by atoms with Gasteiger partial charge in [-0.1, -0.05) is 13.0 Å². The van der Waals surface area contributed by atoms with Crippen molar-refractivity contribution in [1.29, 1.82) is 0 Å². The highest BCUT2D eigenvalue weighted by Gasteiger charge is 2.29. The first-order valence-electron chi connectivity index (χ1n) is 8.95. The highest BCUT2D eigenvalue weighted by atomic mass is 19.4. The first-order valence-corrected chi connectivity index (χ1v) is 8.95. The first-order chi connectivity index (χ1) is 13.4. The molecule has 0 radical (unpaired) electrons. The predicted octanol–water partition coefficient (Wildman–Crippen LogP) is 1.93. The largest absolute Gasteiger partial charge is 0.468 e. The molecule has 0 spiro atoms. The van der Waals surface area contributed by atoms with Gasteiger partial charge in [-0.3, -0.25) is 0 Å². The first kappa shape index (κ1) is 21.5. The number of pyridine rings is 1. The zero-order chi connectivity index (χ0) is 20.4. The summed E-state index contributed by atoms with van der Waals surface area (Å²) in [5.41, 5.74) is 0.469. The van der Waals surface area contributed by atoms with E-state index in [1.807, 2.05) is 18.4 Å². The topological polar surface area (TPSA) is 89.3 Å². The number of aryl methyl sites for hydroxylation is 1. The smallest absolute Gasteiger partial charge is 0.422 e. The summed E-state index contributed by atoms with van der Waals surface area (Å²) in [4.78, 5) is 8.27. The Bertz CT molecular complexity index is 761. The van der Waals surface area contributed by atoms with Crippen molar-refractivity contribution in [1.82, 2.24) is 30.4 Å². The monoisotopic (exact) mass is 399 g/mol. The number of nitrogens with one attached hydrogen (secondary N) is 2. The number of hydrogen-bond acceptors (Lipinski definition) is 5. The number of ether oxygens (including phenoxy) is 1. The molecule has 2 aromatic heterocycles. The minimum absolute atomic E-state index is 0.0727. The van der Waals surface area contributed by atoms with E-state index >= 15 is 0 Å². The molecule has 0 amide bonds. The molecule has 2 rings (SSSR count). The van der Waals surface area contributed by atoms with Gasteiger partial charge in [-0.05, 0) is 13.0 Å². The van der Waals surface area contributed by atoms with Crippen molar-refractivity contribution in [2.45, 2.75) is 39.5 Å². The van der Waals surface area contributed by atoms with Gasteiger partial charge in [0.15, 0.2) is 12.6 Å². The predicted molar refractivity (Wildman–Crippen MR) is 98.0 cm³/mol. The average Bonchev–Trinajstić information content (AvgIpc) is 3.12. The van der Waals surface area contributed by atoms with Crippen molar-refractivity contribution in [3.63, 3.8) is 0 Å². The summed E-state index contributed by atoms with van der Waals surface area (Å²) in [6, 6.07) is 3.26. The summed E-state index contributed by atoms with van der Waals surface area (Å²) in [6.07, 6.45) is -0.582. The molecule has 2 N–H and O–H groups in total. The highest BCUT2D eigenvalue weighted by molar-refractivity contribution is 5.79. The molecule has 2 heterocycles. The Morgan fingerprint density at radius 1 is 1.29 bits per heavy atom. The fourth-order valence-electron chi connectivity index (χ4n) is 2.36. The molecule has 2 aromatic rings. The van der Waals surface area contributed by atoms with Gasteiger partial charge in [0.1, 0.15) is 12.2 Å². The van der Waals surface area contributed by atoms with Crippen molar-refractivity contribution in [3.05, 3.63) is 36.0 Å². The summed E-state index contributed by atoms with van der Waals surface area (Å²) < 4.78 is 43.9. The SMILES string of the molecule is CCNC(=NCc1cccnc1OCC(F)(F)F)NCCn1cnnc1CC. The van der Waals surface area contributed by atoms with Crippen molar-refractivity contribution in [2.75, 3.05) is 19.7 Å². The number of halogens is 3. The maximum atomic E-state index is 12.4. The number of alkyl halides is 3. The molecule has 154 valence electrons. The van der Waals surface area contributed by atoms with Gasteiger partial charge in [0.25, 0.3) is 0 Å². The van der Waals surface area contributed by atoms with E-state index in [4.69, 9.17) is 4.74 Å². The third-order valence-electron chi connectivity index (χ3n) is 3.63. The van der Waals surface area contributed by atoms with Gasteiger partial charge in [-0.15, -0.1) is 10.2 Å². The Morgan fingerprint density at radius 2 is 2.11 bits per heavy atom. The average molecular weight is 399 g/mol. The Labute approximate surface area is 161 Å². The quantitative estimate of drug-likeness (QED) is 0.495. The molecule has 11 heteroatoms. The number of hydrogen-bond donors (Lipinski definition) is 2. The Kier molecular flexibility index (Phi) is 8.02. The maximum Gasteiger partial charge on any atom is 0.422 e. The zero-order valence-corrected chi connectivity index (χ0v) is 15.8. The molecule has 0 saturated carbocycles. The molecule has 0 aliphatic rings. The standard InChI is InChI=1S/C17H24F3N7O/c1-3-14-26-25-12-27(14)9-8-23-16(21-4-2)24-10-13-6-5-7-22-15(13)28-11-17(18,19)20/h5-7,12H,3-4,8-11H2,1-2H3,(H2,21,23,24). The van der Waals surface area contributed by atoms with Gasteiger partial charge in [0.05, 0.1) is 6.54 Å². The number of nitrogens with zero attached hydrogens (tertiary/aromatic N) is 5. The third kappa shape index (κ3) is 7.05. The lowest BCUT2D eigenvalue weighted by atomic mass is 10.3. The Morgan fingerprint density at radius 3 is 2.82 bits per heavy atom. The molecular weight excluding hydrogens is 375 g/mol. The number of guanidine groups is 1. The van der Waals surface area contributed by atoms with Crippen LogP contribution in [0.1, 0.15) is 25.2 Å². The van der Waals surface area contributed by atoms with Crippen LogP contribution in [0.4, 0.5) is 13.2 Å². The molecule has 0 aliphatic heterocycles. The molecule has 0 unspecified atom stereocenters. The van der Waals surface area contributed by atoms with E-state index in [1.54, 1.807) is 18.5 Å². The summed E-state index contributed by atoms with van der Waals surface area (Å²) in [6.45, 7) is 4.55. The molecule has 0 atom stereocenters. The van der Waals surface area contributed by atoms with Crippen LogP contribution >= 0.6 is 0 Å². The Hall–Kier alpha value is -2.85. The van der Waals surface area contributed by atoms with Crippen LogP contribution in [0.15, 0.2) is 29.6 Å². The van der Waals surface area contributed by atoms with Gasteiger partial charge in [-0.25, -0.2) is 9.98 Å². The number of aliphatic imine (C=N–C) groups is 1. The van der Waals surface area contributed by atoms with Crippen LogP contribution in [0, 0.1) is 0 Å². The van der Waals surface area contributed by atoms with Crippen LogP contribution in [-0.4, -0.2) is 51.6 Å². The number of rotatable bonds is 9. The van der Waals surface area contributed by atoms with E-state index < -0.39 is 12.8 Å². The van der Waals surface area contributed by atoms with Gasteiger partial charge in [0, 0.05) is 37.8 Å². The van der Waals surface area contributed by atoms with E-state index in [1.165, 1.54) is 6.20 Å². The second-order valence-corrected chi connectivity index (χ2v) is 5.79. The van der Waals surface area contributed by atoms with Crippen molar-refractivity contribution >= 4 is 5.96 Å². The van der Waals surface area contributed by atoms with Gasteiger partial charge < -0.3 is 19.9 Å². The third-order valence-corrected chi connectivity index (χ3v) is 3.63. The molecule has 8 nitrogen and oxygen atoms in total. The van der Waals surface area contributed by atoms with E-state index in [0.29, 0.717) is 31.2 Å². The summed E-state index contributed by atoms with van der Waals surface area (Å²) in [7, 11) is 0. The van der Waals surface area contributed by atoms with E-state index in [-0.39, 0.29) is 12.4 Å². The lowest BCUT2D eigenvalue weighted by Gasteiger charge is -2.13. The van der Waals surface area contributed by atoms with Crippen LogP contribution in [0.2, 0.25) is 0 Å². The van der Waals surface area contributed by atoms with Crippen LogP contribution in [0.3, 0.4) is 0 Å².